The van der Waals surface area contributed by atoms with Crippen molar-refractivity contribution in [2.45, 2.75) is 37.8 Å². The zero-order valence-electron chi connectivity index (χ0n) is 17.9. The van der Waals surface area contributed by atoms with Gasteiger partial charge < -0.3 is 15.0 Å². The molecule has 1 saturated heterocycles. The van der Waals surface area contributed by atoms with Gasteiger partial charge in [0.15, 0.2) is 0 Å². The maximum Gasteiger partial charge on any atom is 0.328 e. The quantitative estimate of drug-likeness (QED) is 0.501. The Hall–Kier alpha value is -2.90. The average molecular weight is 448 g/mol. The van der Waals surface area contributed by atoms with Crippen LogP contribution in [0.2, 0.25) is 0 Å². The molecule has 0 spiro atoms. The smallest absolute Gasteiger partial charge is 0.328 e. The summed E-state index contributed by atoms with van der Waals surface area (Å²) in [5, 5.41) is 4.61. The second kappa shape index (κ2) is 7.60. The lowest BCUT2D eigenvalue weighted by molar-refractivity contribution is 0.358. The van der Waals surface area contributed by atoms with Crippen molar-refractivity contribution >= 4 is 31.6 Å². The minimum Gasteiger partial charge on any atom is -0.496 e. The molecule has 3 heterocycles. The molecule has 1 fully saturated rings. The first-order chi connectivity index (χ1) is 15.7. The van der Waals surface area contributed by atoms with E-state index >= 15 is 0 Å². The topological polar surface area (TPSA) is 76.1 Å². The second-order valence-electron chi connectivity index (χ2n) is 8.85. The lowest BCUT2D eigenvalue weighted by Crippen LogP contribution is -2.37. The van der Waals surface area contributed by atoms with E-state index in [1.54, 1.807) is 7.11 Å². The summed E-state index contributed by atoms with van der Waals surface area (Å²) in [7, 11) is 1.73. The highest BCUT2D eigenvalue weighted by Gasteiger charge is 2.41. The molecular formula is C25H25N3O3S. The van der Waals surface area contributed by atoms with Crippen LogP contribution in [-0.2, 0) is 13.0 Å². The van der Waals surface area contributed by atoms with Crippen molar-refractivity contribution in [2.75, 3.05) is 13.7 Å². The summed E-state index contributed by atoms with van der Waals surface area (Å²) in [6.45, 7) is 1.36. The third kappa shape index (κ3) is 2.95. The van der Waals surface area contributed by atoms with Crippen LogP contribution < -0.4 is 21.3 Å². The summed E-state index contributed by atoms with van der Waals surface area (Å²) >= 11 is 1.45. The highest BCUT2D eigenvalue weighted by atomic mass is 32.1. The van der Waals surface area contributed by atoms with Gasteiger partial charge in [0, 0.05) is 34.2 Å². The van der Waals surface area contributed by atoms with Gasteiger partial charge in [-0.25, -0.2) is 4.79 Å². The molecule has 7 heteroatoms. The molecule has 3 unspecified atom stereocenters. The lowest BCUT2D eigenvalue weighted by atomic mass is 9.73. The van der Waals surface area contributed by atoms with E-state index in [2.05, 4.69) is 22.4 Å². The number of nitrogens with one attached hydrogen (secondary N) is 2. The molecule has 2 aromatic heterocycles. The molecule has 2 aromatic carbocycles. The Balaban J connectivity index is 1.34. The Labute approximate surface area is 188 Å². The minimum atomic E-state index is -0.331. The molecule has 32 heavy (non-hydrogen) atoms. The maximum absolute atomic E-state index is 13.2. The molecule has 1 aliphatic heterocycles. The third-order valence-electron chi connectivity index (χ3n) is 7.25. The summed E-state index contributed by atoms with van der Waals surface area (Å²) in [6.07, 6.45) is 2.95. The van der Waals surface area contributed by atoms with Crippen LogP contribution in [0.25, 0.3) is 20.3 Å². The predicted octanol–water partition coefficient (Wildman–Crippen LogP) is 3.62. The van der Waals surface area contributed by atoms with Crippen LogP contribution >= 0.6 is 11.3 Å². The van der Waals surface area contributed by atoms with Gasteiger partial charge in [0.25, 0.3) is 5.56 Å². The molecule has 2 aliphatic rings. The summed E-state index contributed by atoms with van der Waals surface area (Å²) in [5.41, 5.74) is 2.80. The molecule has 1 aliphatic carbocycles. The highest BCUT2D eigenvalue weighted by molar-refractivity contribution is 7.25. The van der Waals surface area contributed by atoms with E-state index in [9.17, 15) is 9.59 Å². The minimum absolute atomic E-state index is 0.193. The van der Waals surface area contributed by atoms with Gasteiger partial charge in [0.05, 0.1) is 12.6 Å². The number of aromatic nitrogens is 2. The molecule has 0 radical (unpaired) electrons. The summed E-state index contributed by atoms with van der Waals surface area (Å²) in [5.74, 6) is 1.86. The number of methoxy groups -OCH3 is 1. The second-order valence-corrected chi connectivity index (χ2v) is 9.90. The number of ether oxygens (including phenoxy) is 1. The molecule has 0 amide bonds. The van der Waals surface area contributed by atoms with Crippen LogP contribution in [0.4, 0.5) is 0 Å². The number of rotatable bonds is 4. The SMILES string of the molecule is COc1cccc2c1C1C(CC2)CNC1CCn1c(=O)[nH]c2c(sc3ccccc32)c1=O. The zero-order chi connectivity index (χ0) is 21.8. The molecule has 164 valence electrons. The van der Waals surface area contributed by atoms with Crippen molar-refractivity contribution in [2.24, 2.45) is 5.92 Å². The van der Waals surface area contributed by atoms with Crippen LogP contribution in [0.3, 0.4) is 0 Å². The standard InChI is InChI=1S/C25H25N3O3S/c1-31-18-7-4-5-14-9-10-15-13-26-17(20(15)21(14)18)11-12-28-24(29)23-22(27-25(28)30)16-6-2-3-8-19(16)32-23/h2-8,15,17,20,26H,9-13H2,1H3,(H,27,30). The Kier molecular flexibility index (Phi) is 4.69. The molecule has 6 rings (SSSR count). The number of aryl methyl sites for hydroxylation is 1. The van der Waals surface area contributed by atoms with E-state index in [0.29, 0.717) is 28.6 Å². The van der Waals surface area contributed by atoms with E-state index in [4.69, 9.17) is 4.74 Å². The van der Waals surface area contributed by atoms with Crippen molar-refractivity contribution in [3.8, 4) is 5.75 Å². The van der Waals surface area contributed by atoms with Gasteiger partial charge in [-0.3, -0.25) is 9.36 Å². The fourth-order valence-electron chi connectivity index (χ4n) is 5.77. The summed E-state index contributed by atoms with van der Waals surface area (Å²) in [4.78, 5) is 29.0. The number of benzene rings is 2. The van der Waals surface area contributed by atoms with Crippen LogP contribution in [-0.4, -0.2) is 29.2 Å². The van der Waals surface area contributed by atoms with E-state index in [-0.39, 0.29) is 17.3 Å². The number of fused-ring (bicyclic) bond motifs is 6. The van der Waals surface area contributed by atoms with Crippen LogP contribution in [0.1, 0.15) is 29.9 Å². The maximum atomic E-state index is 13.2. The Morgan fingerprint density at radius 3 is 2.91 bits per heavy atom. The van der Waals surface area contributed by atoms with Gasteiger partial charge in [0.2, 0.25) is 0 Å². The van der Waals surface area contributed by atoms with E-state index < -0.39 is 0 Å². The third-order valence-corrected chi connectivity index (χ3v) is 8.41. The van der Waals surface area contributed by atoms with E-state index in [1.165, 1.54) is 27.0 Å². The van der Waals surface area contributed by atoms with E-state index in [1.807, 2.05) is 30.3 Å². The van der Waals surface area contributed by atoms with Crippen molar-refractivity contribution in [3.05, 3.63) is 74.4 Å². The summed E-state index contributed by atoms with van der Waals surface area (Å²) in [6, 6.07) is 14.3. The Morgan fingerprint density at radius 1 is 1.16 bits per heavy atom. The molecule has 0 saturated carbocycles. The van der Waals surface area contributed by atoms with Gasteiger partial charge in [0.1, 0.15) is 10.4 Å². The zero-order valence-corrected chi connectivity index (χ0v) is 18.7. The van der Waals surface area contributed by atoms with Gasteiger partial charge in [-0.05, 0) is 49.4 Å². The van der Waals surface area contributed by atoms with E-state index in [0.717, 1.165) is 41.6 Å². The van der Waals surface area contributed by atoms with Crippen LogP contribution in [0, 0.1) is 5.92 Å². The van der Waals surface area contributed by atoms with Crippen molar-refractivity contribution in [1.82, 2.24) is 14.9 Å². The number of hydrogen-bond acceptors (Lipinski definition) is 5. The molecule has 4 aromatic rings. The van der Waals surface area contributed by atoms with Crippen LogP contribution in [0.15, 0.2) is 52.1 Å². The predicted molar refractivity (Wildman–Crippen MR) is 128 cm³/mol. The van der Waals surface area contributed by atoms with Crippen molar-refractivity contribution < 1.29 is 4.74 Å². The van der Waals surface area contributed by atoms with Gasteiger partial charge in [-0.2, -0.15) is 0 Å². The van der Waals surface area contributed by atoms with Gasteiger partial charge >= 0.3 is 5.69 Å². The number of thiophene rings is 1. The fraction of sp³-hybridized carbons (Fsp3) is 0.360. The Bertz CT molecular complexity index is 1440. The summed E-state index contributed by atoms with van der Waals surface area (Å²) < 4.78 is 8.72. The number of H-pyrrole nitrogens is 1. The van der Waals surface area contributed by atoms with Crippen LogP contribution in [0.5, 0.6) is 5.75 Å². The number of aromatic amines is 1. The molecular weight excluding hydrogens is 422 g/mol. The van der Waals surface area contributed by atoms with Gasteiger partial charge in [-0.1, -0.05) is 30.3 Å². The largest absolute Gasteiger partial charge is 0.496 e. The number of nitrogens with zero attached hydrogens (tertiary/aromatic N) is 1. The highest BCUT2D eigenvalue weighted by Crippen LogP contribution is 2.46. The first-order valence-electron chi connectivity index (χ1n) is 11.2. The van der Waals surface area contributed by atoms with Crippen molar-refractivity contribution in [3.63, 3.8) is 0 Å². The molecule has 3 atom stereocenters. The first-order valence-corrected chi connectivity index (χ1v) is 12.0. The van der Waals surface area contributed by atoms with Crippen molar-refractivity contribution in [1.29, 1.82) is 0 Å². The molecule has 0 bridgehead atoms. The lowest BCUT2D eigenvalue weighted by Gasteiger charge is -2.32. The fourth-order valence-corrected chi connectivity index (χ4v) is 6.88. The molecule has 2 N–H and O–H groups in total. The monoisotopic (exact) mass is 447 g/mol. The average Bonchev–Trinajstić information content (AvgIpc) is 3.40. The first kappa shape index (κ1) is 19.8. The number of hydrogen-bond donors (Lipinski definition) is 2. The normalized spacial score (nSPS) is 22.2. The Morgan fingerprint density at radius 2 is 2.03 bits per heavy atom. The molecule has 6 nitrogen and oxygen atoms in total. The van der Waals surface area contributed by atoms with Gasteiger partial charge in [-0.15, -0.1) is 11.3 Å².